The van der Waals surface area contributed by atoms with Crippen molar-refractivity contribution >= 4 is 11.4 Å². The van der Waals surface area contributed by atoms with Gasteiger partial charge in [0.1, 0.15) is 11.8 Å². The molecule has 1 heterocycles. The van der Waals surface area contributed by atoms with Crippen molar-refractivity contribution < 1.29 is 27.9 Å². The number of nitrogens with zero attached hydrogens (tertiary/aromatic N) is 2. The molecule has 0 aliphatic carbocycles. The number of alkyl halides is 3. The fourth-order valence-electron chi connectivity index (χ4n) is 3.06. The molecule has 0 amide bonds. The molecule has 144 valence electrons. The molecule has 0 radical (unpaired) electrons. The van der Waals surface area contributed by atoms with Gasteiger partial charge in [-0.25, -0.2) is 0 Å². The molecule has 0 aromatic heterocycles. The van der Waals surface area contributed by atoms with Crippen molar-refractivity contribution in [2.24, 2.45) is 0 Å². The van der Waals surface area contributed by atoms with Gasteiger partial charge in [-0.05, 0) is 35.4 Å². The van der Waals surface area contributed by atoms with Gasteiger partial charge in [-0.2, -0.15) is 13.2 Å². The van der Waals surface area contributed by atoms with E-state index in [4.69, 9.17) is 4.74 Å². The van der Waals surface area contributed by atoms with Crippen LogP contribution in [-0.2, 0) is 17.5 Å². The Labute approximate surface area is 152 Å². The van der Waals surface area contributed by atoms with Gasteiger partial charge < -0.3 is 14.7 Å². The van der Waals surface area contributed by atoms with Crippen LogP contribution in [0.4, 0.5) is 24.5 Å². The second kappa shape index (κ2) is 7.53. The minimum atomic E-state index is -4.46. The fourth-order valence-corrected chi connectivity index (χ4v) is 3.06. The first kappa shape index (κ1) is 19.1. The first-order valence-corrected chi connectivity index (χ1v) is 8.21. The molecule has 2 aromatic rings. The summed E-state index contributed by atoms with van der Waals surface area (Å²) in [6, 6.07) is 9.18. The molecule has 6 nitrogen and oxygen atoms in total. The van der Waals surface area contributed by atoms with Gasteiger partial charge >= 0.3 is 6.18 Å². The van der Waals surface area contributed by atoms with Gasteiger partial charge in [0.15, 0.2) is 0 Å². The molecule has 0 spiro atoms. The van der Waals surface area contributed by atoms with Crippen LogP contribution in [0, 0.1) is 10.1 Å². The van der Waals surface area contributed by atoms with E-state index in [1.165, 1.54) is 24.3 Å². The highest BCUT2D eigenvalue weighted by molar-refractivity contribution is 5.65. The van der Waals surface area contributed by atoms with Crippen LogP contribution in [0.15, 0.2) is 42.5 Å². The van der Waals surface area contributed by atoms with Crippen LogP contribution in [0.3, 0.4) is 0 Å². The number of morpholine rings is 1. The highest BCUT2D eigenvalue weighted by atomic mass is 19.4. The van der Waals surface area contributed by atoms with Crippen LogP contribution in [0.1, 0.15) is 22.8 Å². The molecule has 27 heavy (non-hydrogen) atoms. The van der Waals surface area contributed by atoms with Gasteiger partial charge in [-0.3, -0.25) is 10.1 Å². The number of ether oxygens (including phenoxy) is 1. The molecule has 2 aromatic carbocycles. The van der Waals surface area contributed by atoms with Crippen molar-refractivity contribution in [3.05, 3.63) is 69.3 Å². The summed E-state index contributed by atoms with van der Waals surface area (Å²) in [4.78, 5) is 12.5. The van der Waals surface area contributed by atoms with E-state index >= 15 is 0 Å². The molecule has 1 aliphatic rings. The molecular weight excluding hydrogens is 365 g/mol. The highest BCUT2D eigenvalue weighted by Crippen LogP contribution is 2.35. The number of aliphatic hydroxyl groups excluding tert-OH is 1. The van der Waals surface area contributed by atoms with E-state index in [1.54, 1.807) is 11.0 Å². The molecule has 0 saturated carbocycles. The zero-order valence-corrected chi connectivity index (χ0v) is 14.1. The zero-order chi connectivity index (χ0) is 19.6. The van der Waals surface area contributed by atoms with Crippen LogP contribution in [0.25, 0.3) is 0 Å². The quantitative estimate of drug-likeness (QED) is 0.645. The number of nitro groups is 1. The molecule has 3 rings (SSSR count). The van der Waals surface area contributed by atoms with Gasteiger partial charge in [0, 0.05) is 19.2 Å². The van der Waals surface area contributed by atoms with Crippen molar-refractivity contribution in [2.45, 2.75) is 18.9 Å². The van der Waals surface area contributed by atoms with Crippen LogP contribution >= 0.6 is 0 Å². The Morgan fingerprint density at radius 2 is 2.04 bits per heavy atom. The van der Waals surface area contributed by atoms with Crippen molar-refractivity contribution in [1.82, 2.24) is 0 Å². The number of benzene rings is 2. The molecule has 9 heteroatoms. The van der Waals surface area contributed by atoms with Crippen molar-refractivity contribution in [3.8, 4) is 0 Å². The number of aliphatic hydroxyl groups is 1. The molecule has 0 bridgehead atoms. The van der Waals surface area contributed by atoms with Crippen molar-refractivity contribution in [1.29, 1.82) is 0 Å². The summed E-state index contributed by atoms with van der Waals surface area (Å²) in [7, 11) is 0. The highest BCUT2D eigenvalue weighted by Gasteiger charge is 2.32. The lowest BCUT2D eigenvalue weighted by molar-refractivity contribution is -0.384. The Bertz CT molecular complexity index is 842. The summed E-state index contributed by atoms with van der Waals surface area (Å²) >= 11 is 0. The second-order valence-electron chi connectivity index (χ2n) is 6.17. The molecular formula is C18H17F3N2O4. The summed E-state index contributed by atoms with van der Waals surface area (Å²) in [5.41, 5.74) is 0.283. The third-order valence-corrected chi connectivity index (χ3v) is 4.41. The first-order chi connectivity index (χ1) is 12.8. The normalized spacial score (nSPS) is 17.8. The number of hydrogen-bond donors (Lipinski definition) is 1. The molecule has 1 fully saturated rings. The first-order valence-electron chi connectivity index (χ1n) is 8.21. The summed E-state index contributed by atoms with van der Waals surface area (Å²) < 4.78 is 44.5. The SMILES string of the molecule is O=[N+]([O-])c1ccc(CO)cc1N1CCOC(c2cccc(C(F)(F)F)c2)C1. The van der Waals surface area contributed by atoms with E-state index in [-0.39, 0.29) is 25.4 Å². The summed E-state index contributed by atoms with van der Waals surface area (Å²) in [5, 5.41) is 20.6. The van der Waals surface area contributed by atoms with Gasteiger partial charge in [-0.15, -0.1) is 0 Å². The average Bonchev–Trinajstić information content (AvgIpc) is 2.67. The van der Waals surface area contributed by atoms with Crippen molar-refractivity contribution in [2.75, 3.05) is 24.6 Å². The monoisotopic (exact) mass is 382 g/mol. The van der Waals surface area contributed by atoms with Gasteiger partial charge in [0.05, 0.1) is 23.7 Å². The van der Waals surface area contributed by atoms with E-state index in [0.29, 0.717) is 23.4 Å². The Balaban J connectivity index is 1.90. The van der Waals surface area contributed by atoms with Crippen LogP contribution < -0.4 is 4.90 Å². The van der Waals surface area contributed by atoms with E-state index in [1.807, 2.05) is 0 Å². The van der Waals surface area contributed by atoms with Crippen LogP contribution in [0.5, 0.6) is 0 Å². The fraction of sp³-hybridized carbons (Fsp3) is 0.333. The number of nitro benzene ring substituents is 1. The smallest absolute Gasteiger partial charge is 0.392 e. The Kier molecular flexibility index (Phi) is 5.33. The van der Waals surface area contributed by atoms with Crippen LogP contribution in [0.2, 0.25) is 0 Å². The Hall–Kier alpha value is -2.65. The lowest BCUT2D eigenvalue weighted by Gasteiger charge is -2.34. The summed E-state index contributed by atoms with van der Waals surface area (Å²) in [5.74, 6) is 0. The predicted octanol–water partition coefficient (Wildman–Crippen LogP) is 3.68. The Morgan fingerprint density at radius 1 is 1.26 bits per heavy atom. The van der Waals surface area contributed by atoms with Crippen molar-refractivity contribution in [3.63, 3.8) is 0 Å². The second-order valence-corrected chi connectivity index (χ2v) is 6.17. The number of rotatable bonds is 4. The summed E-state index contributed by atoms with van der Waals surface area (Å²) in [6.45, 7) is 0.454. The standard InChI is InChI=1S/C18H17F3N2O4/c19-18(20,21)14-3-1-2-13(9-14)17-10-22(6-7-27-17)16-8-12(11-24)4-5-15(16)23(25)26/h1-5,8-9,17,24H,6-7,10-11H2. The predicted molar refractivity (Wildman–Crippen MR) is 91.4 cm³/mol. The zero-order valence-electron chi connectivity index (χ0n) is 14.1. The summed E-state index contributed by atoms with van der Waals surface area (Å²) in [6.07, 6.45) is -5.11. The van der Waals surface area contributed by atoms with Crippen LogP contribution in [-0.4, -0.2) is 29.7 Å². The molecule has 1 N–H and O–H groups in total. The van der Waals surface area contributed by atoms with Gasteiger partial charge in [0.25, 0.3) is 5.69 Å². The van der Waals surface area contributed by atoms with Gasteiger partial charge in [0.2, 0.25) is 0 Å². The number of anilines is 1. The third kappa shape index (κ3) is 4.20. The van der Waals surface area contributed by atoms with Gasteiger partial charge in [-0.1, -0.05) is 12.1 Å². The van der Waals surface area contributed by atoms with E-state index in [2.05, 4.69) is 0 Å². The van der Waals surface area contributed by atoms with E-state index in [0.717, 1.165) is 12.1 Å². The third-order valence-electron chi connectivity index (χ3n) is 4.41. The average molecular weight is 382 g/mol. The largest absolute Gasteiger partial charge is 0.416 e. The topological polar surface area (TPSA) is 75.8 Å². The van der Waals surface area contributed by atoms with E-state index in [9.17, 15) is 28.4 Å². The molecule has 1 unspecified atom stereocenters. The maximum atomic E-state index is 13.0. The number of hydrogen-bond acceptors (Lipinski definition) is 5. The molecule has 1 atom stereocenters. The maximum absolute atomic E-state index is 13.0. The lowest BCUT2D eigenvalue weighted by Crippen LogP contribution is -2.38. The molecule has 1 aliphatic heterocycles. The minimum Gasteiger partial charge on any atom is -0.392 e. The Morgan fingerprint density at radius 3 is 2.70 bits per heavy atom. The van der Waals surface area contributed by atoms with E-state index < -0.39 is 22.8 Å². The minimum absolute atomic E-state index is 0.128. The lowest BCUT2D eigenvalue weighted by atomic mass is 10.0. The molecule has 1 saturated heterocycles. The number of halogens is 3. The maximum Gasteiger partial charge on any atom is 0.416 e.